The molecule has 202 valence electrons. The summed E-state index contributed by atoms with van der Waals surface area (Å²) in [5.74, 6) is -2.39. The molecule has 0 radical (unpaired) electrons. The third-order valence-corrected chi connectivity index (χ3v) is 9.08. The first kappa shape index (κ1) is 29.5. The fourth-order valence-corrected chi connectivity index (χ4v) is 6.65. The van der Waals surface area contributed by atoms with Gasteiger partial charge in [-0.1, -0.05) is 105 Å². The first-order valence-electron chi connectivity index (χ1n) is 13.2. The third-order valence-electron chi connectivity index (χ3n) is 6.82. The summed E-state index contributed by atoms with van der Waals surface area (Å²) in [4.78, 5) is 36.3. The van der Waals surface area contributed by atoms with Gasteiger partial charge in [-0.15, -0.1) is 0 Å². The van der Waals surface area contributed by atoms with Crippen LogP contribution in [-0.2, 0) is 31.7 Å². The molecular formula is C31H38NO5P. The molecule has 0 fully saturated rings. The molecule has 0 aromatic heterocycles. The largest absolute Gasteiger partial charge is 0.468 e. The van der Waals surface area contributed by atoms with E-state index < -0.39 is 31.1 Å². The van der Waals surface area contributed by atoms with Gasteiger partial charge in [0.15, 0.2) is 0 Å². The SMILES string of the molecule is CCCC[C@H](NC([C@H](C=O)Cc1ccc(-c2ccccc2)cc1)P(=O)(O)CCc1ccccc1)C(=O)OC. The van der Waals surface area contributed by atoms with E-state index in [2.05, 4.69) is 5.32 Å². The summed E-state index contributed by atoms with van der Waals surface area (Å²) in [5.41, 5.74) is 3.95. The van der Waals surface area contributed by atoms with Crippen molar-refractivity contribution in [3.05, 3.63) is 96.1 Å². The number of unbranched alkanes of at least 4 members (excludes halogenated alkanes) is 1. The summed E-state index contributed by atoms with van der Waals surface area (Å²) in [5, 5.41) is 3.11. The quantitative estimate of drug-likeness (QED) is 0.144. The number of aldehydes is 1. The van der Waals surface area contributed by atoms with Crippen molar-refractivity contribution < 1.29 is 23.8 Å². The van der Waals surface area contributed by atoms with Crippen molar-refractivity contribution in [2.45, 2.75) is 50.9 Å². The van der Waals surface area contributed by atoms with E-state index in [4.69, 9.17) is 4.74 Å². The van der Waals surface area contributed by atoms with Crippen LogP contribution < -0.4 is 5.32 Å². The van der Waals surface area contributed by atoms with Gasteiger partial charge in [0.25, 0.3) is 0 Å². The lowest BCUT2D eigenvalue weighted by atomic mass is 9.97. The number of esters is 1. The van der Waals surface area contributed by atoms with Crippen LogP contribution in [0.3, 0.4) is 0 Å². The second kappa shape index (κ2) is 14.8. The van der Waals surface area contributed by atoms with Gasteiger partial charge >= 0.3 is 5.97 Å². The molecule has 3 rings (SSSR count). The maximum atomic E-state index is 13.8. The molecule has 0 bridgehead atoms. The topological polar surface area (TPSA) is 92.7 Å². The van der Waals surface area contributed by atoms with Crippen LogP contribution in [0.5, 0.6) is 0 Å². The molecule has 0 amide bonds. The summed E-state index contributed by atoms with van der Waals surface area (Å²) in [6.07, 6.45) is 3.45. The minimum atomic E-state index is -3.92. The Kier molecular flexibility index (Phi) is 11.5. The highest BCUT2D eigenvalue weighted by Gasteiger charge is 2.39. The minimum absolute atomic E-state index is 0.00631. The van der Waals surface area contributed by atoms with Gasteiger partial charge in [-0.05, 0) is 41.5 Å². The monoisotopic (exact) mass is 535 g/mol. The molecule has 2 unspecified atom stereocenters. The number of hydrogen-bond acceptors (Lipinski definition) is 5. The fourth-order valence-electron chi connectivity index (χ4n) is 4.61. The Morgan fingerprint density at radius 3 is 2.13 bits per heavy atom. The summed E-state index contributed by atoms with van der Waals surface area (Å²) >= 11 is 0. The first-order chi connectivity index (χ1) is 18.4. The molecule has 0 heterocycles. The first-order valence-corrected chi connectivity index (χ1v) is 15.1. The standard InChI is InChI=1S/C31H38NO5P/c1-3-4-15-29(31(34)37-2)32-30(38(35,36)21-20-24-11-7-5-8-12-24)28(23-33)22-25-16-18-27(19-17-25)26-13-9-6-10-14-26/h5-14,16-19,23,28-30,32H,3-4,15,20-22H2,1-2H3,(H,35,36)/t28-,29-,30?/m0/s1. The van der Waals surface area contributed by atoms with Crippen molar-refractivity contribution in [2.24, 2.45) is 5.92 Å². The van der Waals surface area contributed by atoms with Crippen molar-refractivity contribution in [2.75, 3.05) is 13.3 Å². The van der Waals surface area contributed by atoms with E-state index in [0.29, 0.717) is 12.8 Å². The number of aryl methyl sites for hydroxylation is 1. The molecule has 0 spiro atoms. The molecule has 3 aromatic carbocycles. The van der Waals surface area contributed by atoms with Crippen molar-refractivity contribution in [3.63, 3.8) is 0 Å². The van der Waals surface area contributed by atoms with Gasteiger partial charge in [0, 0.05) is 12.1 Å². The maximum absolute atomic E-state index is 13.8. The van der Waals surface area contributed by atoms with E-state index in [9.17, 15) is 19.0 Å². The van der Waals surface area contributed by atoms with Gasteiger partial charge in [-0.3, -0.25) is 14.7 Å². The van der Waals surface area contributed by atoms with Crippen LogP contribution in [-0.4, -0.2) is 42.2 Å². The van der Waals surface area contributed by atoms with Crippen molar-refractivity contribution in [1.29, 1.82) is 0 Å². The number of carbonyl (C=O) groups is 2. The number of nitrogens with one attached hydrogen (secondary N) is 1. The highest BCUT2D eigenvalue weighted by molar-refractivity contribution is 7.58. The van der Waals surface area contributed by atoms with Crippen molar-refractivity contribution >= 4 is 19.6 Å². The Hall–Kier alpha value is -3.05. The molecule has 7 heteroatoms. The molecule has 0 aliphatic heterocycles. The zero-order valence-electron chi connectivity index (χ0n) is 22.2. The van der Waals surface area contributed by atoms with E-state index in [1.807, 2.05) is 91.9 Å². The second-order valence-electron chi connectivity index (χ2n) is 9.61. The third kappa shape index (κ3) is 8.49. The predicted octanol–water partition coefficient (Wildman–Crippen LogP) is 5.87. The van der Waals surface area contributed by atoms with Crippen LogP contribution in [0, 0.1) is 5.92 Å². The van der Waals surface area contributed by atoms with Crippen molar-refractivity contribution in [3.8, 4) is 11.1 Å². The van der Waals surface area contributed by atoms with Crippen LogP contribution in [0.4, 0.5) is 0 Å². The van der Waals surface area contributed by atoms with E-state index in [1.165, 1.54) is 7.11 Å². The Morgan fingerprint density at radius 2 is 1.55 bits per heavy atom. The molecule has 0 saturated carbocycles. The number of carbonyl (C=O) groups excluding carboxylic acids is 2. The summed E-state index contributed by atoms with van der Waals surface area (Å²) in [7, 11) is -2.62. The van der Waals surface area contributed by atoms with Gasteiger partial charge in [-0.2, -0.15) is 0 Å². The second-order valence-corrected chi connectivity index (χ2v) is 12.1. The normalized spacial score (nSPS) is 15.1. The van der Waals surface area contributed by atoms with Crippen LogP contribution in [0.15, 0.2) is 84.9 Å². The number of rotatable bonds is 15. The Labute approximate surface area is 225 Å². The Balaban J connectivity index is 1.86. The summed E-state index contributed by atoms with van der Waals surface area (Å²) in [6.45, 7) is 2.01. The molecule has 6 nitrogen and oxygen atoms in total. The van der Waals surface area contributed by atoms with Crippen LogP contribution >= 0.6 is 7.37 Å². The van der Waals surface area contributed by atoms with Gasteiger partial charge in [0.1, 0.15) is 12.3 Å². The lowest BCUT2D eigenvalue weighted by Gasteiger charge is -2.32. The smallest absolute Gasteiger partial charge is 0.322 e. The van der Waals surface area contributed by atoms with E-state index in [0.717, 1.165) is 41.4 Å². The number of hydrogen-bond donors (Lipinski definition) is 2. The van der Waals surface area contributed by atoms with Crippen LogP contribution in [0.1, 0.15) is 37.3 Å². The molecule has 4 atom stereocenters. The highest BCUT2D eigenvalue weighted by atomic mass is 31.2. The minimum Gasteiger partial charge on any atom is -0.468 e. The zero-order valence-corrected chi connectivity index (χ0v) is 23.1. The number of methoxy groups -OCH3 is 1. The molecule has 0 aliphatic carbocycles. The fraction of sp³-hybridized carbons (Fsp3) is 0.355. The molecule has 0 saturated heterocycles. The maximum Gasteiger partial charge on any atom is 0.322 e. The summed E-state index contributed by atoms with van der Waals surface area (Å²) < 4.78 is 18.8. The zero-order chi connectivity index (χ0) is 27.4. The van der Waals surface area contributed by atoms with E-state index >= 15 is 0 Å². The molecule has 38 heavy (non-hydrogen) atoms. The summed E-state index contributed by atoms with van der Waals surface area (Å²) in [6, 6.07) is 26.6. The van der Waals surface area contributed by atoms with E-state index in [1.54, 1.807) is 0 Å². The Bertz CT molecular complexity index is 1180. The van der Waals surface area contributed by atoms with Crippen molar-refractivity contribution in [1.82, 2.24) is 5.32 Å². The molecule has 0 aliphatic rings. The average Bonchev–Trinajstić information content (AvgIpc) is 2.96. The molecule has 3 aromatic rings. The van der Waals surface area contributed by atoms with Gasteiger partial charge in [0.2, 0.25) is 7.37 Å². The average molecular weight is 536 g/mol. The van der Waals surface area contributed by atoms with Gasteiger partial charge in [-0.25, -0.2) is 0 Å². The Morgan fingerprint density at radius 1 is 0.947 bits per heavy atom. The molecular weight excluding hydrogens is 497 g/mol. The predicted molar refractivity (Wildman–Crippen MR) is 152 cm³/mol. The van der Waals surface area contributed by atoms with Gasteiger partial charge in [0.05, 0.1) is 12.9 Å². The number of ether oxygens (including phenoxy) is 1. The lowest BCUT2D eigenvalue weighted by molar-refractivity contribution is -0.143. The van der Waals surface area contributed by atoms with Crippen LogP contribution in [0.25, 0.3) is 11.1 Å². The number of benzene rings is 3. The van der Waals surface area contributed by atoms with Gasteiger partial charge < -0.3 is 14.4 Å². The highest BCUT2D eigenvalue weighted by Crippen LogP contribution is 2.49. The lowest BCUT2D eigenvalue weighted by Crippen LogP contribution is -2.48. The molecule has 2 N–H and O–H groups in total. The van der Waals surface area contributed by atoms with E-state index in [-0.39, 0.29) is 12.6 Å². The van der Waals surface area contributed by atoms with Crippen LogP contribution in [0.2, 0.25) is 0 Å².